The van der Waals surface area contributed by atoms with Gasteiger partial charge in [0.05, 0.1) is 6.57 Å². The minimum absolute atomic E-state index is 0.0392. The number of nitrogens with zero attached hydrogens (tertiary/aromatic N) is 1. The molecule has 2 N–H and O–H groups in total. The smallest absolute Gasteiger partial charge is 0.375 e. The van der Waals surface area contributed by atoms with Crippen LogP contribution in [0.15, 0.2) is 24.4 Å². The summed E-state index contributed by atoms with van der Waals surface area (Å²) in [6, 6.07) is 5.11. The fourth-order valence-corrected chi connectivity index (χ4v) is 2.10. The molecule has 0 unspecified atom stereocenters. The first kappa shape index (κ1) is 14.8. The highest BCUT2D eigenvalue weighted by Gasteiger charge is 2.09. The summed E-state index contributed by atoms with van der Waals surface area (Å²) in [6.45, 7) is 7.30. The lowest BCUT2D eigenvalue weighted by molar-refractivity contribution is -0.124. The lowest BCUT2D eigenvalue weighted by Crippen LogP contribution is -2.28. The zero-order valence-electron chi connectivity index (χ0n) is 11.6. The summed E-state index contributed by atoms with van der Waals surface area (Å²) >= 11 is 0. The van der Waals surface area contributed by atoms with Gasteiger partial charge in [-0.05, 0) is 18.1 Å². The molecule has 0 aliphatic carbocycles. The number of carbonyl (C=O) groups excluding carboxylic acids is 2. The first-order valence-corrected chi connectivity index (χ1v) is 6.43. The maximum Gasteiger partial charge on any atom is 0.385 e. The predicted octanol–water partition coefficient (Wildman–Crippen LogP) is 1.53. The van der Waals surface area contributed by atoms with Crippen LogP contribution in [0.5, 0.6) is 0 Å². The van der Waals surface area contributed by atoms with Crippen LogP contribution in [-0.4, -0.2) is 37.1 Å². The average molecular weight is 285 g/mol. The summed E-state index contributed by atoms with van der Waals surface area (Å²) in [5.41, 5.74) is 2.26. The van der Waals surface area contributed by atoms with E-state index in [1.807, 2.05) is 6.20 Å². The maximum atomic E-state index is 11.4. The summed E-state index contributed by atoms with van der Waals surface area (Å²) < 4.78 is 4.73. The number of aromatic nitrogens is 1. The molecule has 0 fully saturated rings. The van der Waals surface area contributed by atoms with Crippen LogP contribution in [0, 0.1) is 6.57 Å². The maximum absolute atomic E-state index is 11.4. The van der Waals surface area contributed by atoms with Crippen LogP contribution in [0.2, 0.25) is 0 Å². The molecule has 0 radical (unpaired) electrons. The predicted molar refractivity (Wildman–Crippen MR) is 77.8 cm³/mol. The van der Waals surface area contributed by atoms with E-state index >= 15 is 0 Å². The van der Waals surface area contributed by atoms with Gasteiger partial charge in [0.15, 0.2) is 0 Å². The summed E-state index contributed by atoms with van der Waals surface area (Å²) in [6.07, 6.45) is 2.48. The largest absolute Gasteiger partial charge is 0.385 e. The fraction of sp³-hybridized carbons (Fsp3) is 0.267. The van der Waals surface area contributed by atoms with Gasteiger partial charge in [0, 0.05) is 36.3 Å². The number of nitrogens with one attached hydrogen (secondary N) is 2. The Labute approximate surface area is 121 Å². The summed E-state index contributed by atoms with van der Waals surface area (Å²) in [4.78, 5) is 28.8. The molecule has 2 aromatic rings. The number of benzene rings is 1. The number of fused-ring (bicyclic) bond motifs is 1. The third-order valence-electron chi connectivity index (χ3n) is 3.11. The molecule has 2 amide bonds. The Bertz CT molecular complexity index is 713. The van der Waals surface area contributed by atoms with Gasteiger partial charge >= 0.3 is 5.91 Å². The van der Waals surface area contributed by atoms with Crippen LogP contribution in [0.4, 0.5) is 0 Å². The summed E-state index contributed by atoms with van der Waals surface area (Å²) in [5.74, 6) is -0.737. The van der Waals surface area contributed by atoms with Crippen molar-refractivity contribution >= 4 is 22.7 Å². The lowest BCUT2D eigenvalue weighted by atomic mass is 10.1. The second-order valence-corrected chi connectivity index (χ2v) is 4.52. The molecule has 0 spiro atoms. The first-order valence-electron chi connectivity index (χ1n) is 6.43. The number of methoxy groups -OCH3 is 1. The zero-order chi connectivity index (χ0) is 15.2. The van der Waals surface area contributed by atoms with Crippen LogP contribution < -0.4 is 5.32 Å². The molecule has 1 aromatic carbocycles. The second-order valence-electron chi connectivity index (χ2n) is 4.52. The molecule has 1 heterocycles. The summed E-state index contributed by atoms with van der Waals surface area (Å²) in [7, 11) is 1.47. The summed E-state index contributed by atoms with van der Waals surface area (Å²) in [5, 5.41) is 3.64. The van der Waals surface area contributed by atoms with Gasteiger partial charge in [0.1, 0.15) is 6.61 Å². The molecule has 6 nitrogen and oxygen atoms in total. The van der Waals surface area contributed by atoms with E-state index in [4.69, 9.17) is 11.3 Å². The minimum Gasteiger partial charge on any atom is -0.375 e. The average Bonchev–Trinajstić information content (AvgIpc) is 2.89. The molecule has 0 saturated heterocycles. The van der Waals surface area contributed by atoms with Crippen molar-refractivity contribution in [2.45, 2.75) is 6.42 Å². The van der Waals surface area contributed by atoms with Crippen molar-refractivity contribution in [3.8, 4) is 0 Å². The standard InChI is InChI=1S/C15H15N3O3/c1-16-15(20)10-3-4-13-12(7-10)11(8-18-13)5-6-17-14(19)9-21-2/h3-4,7-8,18H,5-6,9H2,2H3,(H,17,19). The van der Waals surface area contributed by atoms with Crippen molar-refractivity contribution in [2.75, 3.05) is 20.3 Å². The molecule has 1 aromatic heterocycles. The third-order valence-corrected chi connectivity index (χ3v) is 3.11. The number of rotatable bonds is 6. The van der Waals surface area contributed by atoms with E-state index in [2.05, 4.69) is 15.1 Å². The molecule has 21 heavy (non-hydrogen) atoms. The highest BCUT2D eigenvalue weighted by atomic mass is 16.5. The van der Waals surface area contributed by atoms with E-state index in [0.29, 0.717) is 18.5 Å². The Morgan fingerprint density at radius 1 is 1.43 bits per heavy atom. The number of ether oxygens (including phenoxy) is 1. The number of H-pyrrole nitrogens is 1. The van der Waals surface area contributed by atoms with Gasteiger partial charge in [-0.3, -0.25) is 4.79 Å². The molecule has 0 saturated carbocycles. The van der Waals surface area contributed by atoms with Crippen molar-refractivity contribution in [1.29, 1.82) is 0 Å². The number of aromatic amines is 1. The molecular formula is C15H15N3O3. The molecule has 0 atom stereocenters. The van der Waals surface area contributed by atoms with Crippen LogP contribution >= 0.6 is 0 Å². The number of hydrogen-bond donors (Lipinski definition) is 2. The van der Waals surface area contributed by atoms with E-state index in [1.165, 1.54) is 7.11 Å². The SMILES string of the molecule is [C-]#[N+]C(=O)c1ccc2[nH]cc(CCNC(=O)COC)c2c1. The van der Waals surface area contributed by atoms with Gasteiger partial charge < -0.3 is 19.8 Å². The van der Waals surface area contributed by atoms with Crippen LogP contribution in [-0.2, 0) is 16.0 Å². The van der Waals surface area contributed by atoms with Gasteiger partial charge in [-0.25, -0.2) is 0 Å². The monoisotopic (exact) mass is 285 g/mol. The van der Waals surface area contributed by atoms with E-state index < -0.39 is 5.91 Å². The van der Waals surface area contributed by atoms with E-state index in [1.54, 1.807) is 18.2 Å². The van der Waals surface area contributed by atoms with Gasteiger partial charge in [-0.15, -0.1) is 0 Å². The zero-order valence-corrected chi connectivity index (χ0v) is 11.6. The van der Waals surface area contributed by atoms with E-state index in [9.17, 15) is 9.59 Å². The molecule has 0 bridgehead atoms. The van der Waals surface area contributed by atoms with Crippen LogP contribution in [0.25, 0.3) is 15.7 Å². The highest BCUT2D eigenvalue weighted by Crippen LogP contribution is 2.20. The topological polar surface area (TPSA) is 75.5 Å². The quantitative estimate of drug-likeness (QED) is 0.790. The molecular weight excluding hydrogens is 270 g/mol. The molecule has 2 rings (SSSR count). The number of hydrogen-bond acceptors (Lipinski definition) is 3. The Kier molecular flexibility index (Phi) is 4.69. The van der Waals surface area contributed by atoms with Crippen molar-refractivity contribution in [3.63, 3.8) is 0 Å². The van der Waals surface area contributed by atoms with Crippen molar-refractivity contribution in [1.82, 2.24) is 10.3 Å². The van der Waals surface area contributed by atoms with Gasteiger partial charge in [-0.2, -0.15) is 4.85 Å². The van der Waals surface area contributed by atoms with Crippen molar-refractivity contribution in [3.05, 3.63) is 46.9 Å². The Morgan fingerprint density at radius 2 is 2.24 bits per heavy atom. The fourth-order valence-electron chi connectivity index (χ4n) is 2.10. The highest BCUT2D eigenvalue weighted by molar-refractivity contribution is 6.04. The first-order chi connectivity index (χ1) is 10.2. The lowest BCUT2D eigenvalue weighted by Gasteiger charge is -2.04. The normalized spacial score (nSPS) is 10.3. The van der Waals surface area contributed by atoms with E-state index in [0.717, 1.165) is 16.5 Å². The Morgan fingerprint density at radius 3 is 2.95 bits per heavy atom. The Balaban J connectivity index is 2.11. The number of amides is 2. The van der Waals surface area contributed by atoms with Crippen molar-refractivity contribution in [2.24, 2.45) is 0 Å². The number of carbonyl (C=O) groups is 2. The second kappa shape index (κ2) is 6.68. The molecule has 0 aliphatic heterocycles. The molecule has 0 aliphatic rings. The molecule has 108 valence electrons. The van der Waals surface area contributed by atoms with Gasteiger partial charge in [0.25, 0.3) is 0 Å². The van der Waals surface area contributed by atoms with E-state index in [-0.39, 0.29) is 12.5 Å². The van der Waals surface area contributed by atoms with Crippen molar-refractivity contribution < 1.29 is 14.3 Å². The van der Waals surface area contributed by atoms with Crippen LogP contribution in [0.1, 0.15) is 15.9 Å². The third kappa shape index (κ3) is 3.46. The van der Waals surface area contributed by atoms with Gasteiger partial charge in [-0.1, -0.05) is 12.1 Å². The van der Waals surface area contributed by atoms with Gasteiger partial charge in [0.2, 0.25) is 5.91 Å². The molecule has 6 heteroatoms. The Hall–Kier alpha value is -2.65. The van der Waals surface area contributed by atoms with Crippen LogP contribution in [0.3, 0.4) is 0 Å². The minimum atomic E-state index is -0.572.